The van der Waals surface area contributed by atoms with Crippen LogP contribution in [0, 0.1) is 0 Å². The Balaban J connectivity index is 1.68. The molecule has 1 fully saturated rings. The van der Waals surface area contributed by atoms with Gasteiger partial charge in [0.25, 0.3) is 0 Å². The van der Waals surface area contributed by atoms with Crippen LogP contribution < -0.4 is 16.0 Å². The molecule has 1 aromatic rings. The van der Waals surface area contributed by atoms with E-state index < -0.39 is 6.04 Å². The predicted molar refractivity (Wildman–Crippen MR) is 70.4 cm³/mol. The zero-order valence-corrected chi connectivity index (χ0v) is 10.7. The molecule has 0 bridgehead atoms. The van der Waals surface area contributed by atoms with Crippen LogP contribution in [0.4, 0.5) is 0 Å². The van der Waals surface area contributed by atoms with E-state index in [9.17, 15) is 9.59 Å². The molecule has 0 spiro atoms. The number of piperazine rings is 1. The van der Waals surface area contributed by atoms with Crippen molar-refractivity contribution in [3.05, 3.63) is 30.1 Å². The predicted octanol–water partition coefficient (Wildman–Crippen LogP) is -0.782. The fourth-order valence-corrected chi connectivity index (χ4v) is 1.95. The molecule has 102 valence electrons. The lowest BCUT2D eigenvalue weighted by Crippen LogP contribution is -2.54. The molecule has 1 aliphatic rings. The molecule has 2 amide bonds. The van der Waals surface area contributed by atoms with E-state index in [-0.39, 0.29) is 18.2 Å². The zero-order valence-electron chi connectivity index (χ0n) is 10.7. The standard InChI is InChI=1S/C13H18N4O2/c18-12(9-11-13(19)17-8-7-15-11)16-6-4-10-3-1-2-5-14-10/h1-3,5,11,15H,4,6-9H2,(H,16,18)(H,17,19). The quantitative estimate of drug-likeness (QED) is 0.650. The number of hydrogen-bond acceptors (Lipinski definition) is 4. The molecule has 19 heavy (non-hydrogen) atoms. The van der Waals surface area contributed by atoms with E-state index in [1.165, 1.54) is 0 Å². The molecule has 6 nitrogen and oxygen atoms in total. The van der Waals surface area contributed by atoms with Crippen molar-refractivity contribution in [3.8, 4) is 0 Å². The molecule has 0 saturated carbocycles. The first-order valence-electron chi connectivity index (χ1n) is 6.43. The number of carbonyl (C=O) groups is 2. The largest absolute Gasteiger partial charge is 0.356 e. The van der Waals surface area contributed by atoms with E-state index in [0.29, 0.717) is 26.1 Å². The molecule has 0 radical (unpaired) electrons. The number of aromatic nitrogens is 1. The Bertz CT molecular complexity index is 436. The van der Waals surface area contributed by atoms with Crippen molar-refractivity contribution in [1.82, 2.24) is 20.9 Å². The lowest BCUT2D eigenvalue weighted by Gasteiger charge is -2.22. The number of hydrogen-bond donors (Lipinski definition) is 3. The average Bonchev–Trinajstić information content (AvgIpc) is 2.43. The zero-order chi connectivity index (χ0) is 13.5. The van der Waals surface area contributed by atoms with Gasteiger partial charge in [0, 0.05) is 37.9 Å². The Labute approximate surface area is 112 Å². The number of rotatable bonds is 5. The van der Waals surface area contributed by atoms with E-state index in [4.69, 9.17) is 0 Å². The highest BCUT2D eigenvalue weighted by Crippen LogP contribution is 1.97. The van der Waals surface area contributed by atoms with E-state index in [0.717, 1.165) is 5.69 Å². The first-order valence-corrected chi connectivity index (χ1v) is 6.43. The highest BCUT2D eigenvalue weighted by molar-refractivity contribution is 5.88. The Kier molecular flexibility index (Phi) is 4.85. The molecule has 1 atom stereocenters. The molecule has 0 aromatic carbocycles. The van der Waals surface area contributed by atoms with Crippen LogP contribution >= 0.6 is 0 Å². The Morgan fingerprint density at radius 3 is 3.05 bits per heavy atom. The molecule has 1 aliphatic heterocycles. The number of carbonyl (C=O) groups excluding carboxylic acids is 2. The molecule has 2 rings (SSSR count). The molecule has 3 N–H and O–H groups in total. The summed E-state index contributed by atoms with van der Waals surface area (Å²) in [4.78, 5) is 27.3. The van der Waals surface area contributed by atoms with Gasteiger partial charge in [-0.1, -0.05) is 6.07 Å². The van der Waals surface area contributed by atoms with Gasteiger partial charge in [-0.25, -0.2) is 0 Å². The number of pyridine rings is 1. The first-order chi connectivity index (χ1) is 9.25. The minimum atomic E-state index is -0.413. The topological polar surface area (TPSA) is 83.1 Å². The Morgan fingerprint density at radius 1 is 1.42 bits per heavy atom. The third-order valence-electron chi connectivity index (χ3n) is 2.95. The third-order valence-corrected chi connectivity index (χ3v) is 2.95. The summed E-state index contributed by atoms with van der Waals surface area (Å²) in [7, 11) is 0. The molecular formula is C13H18N4O2. The maximum Gasteiger partial charge on any atom is 0.237 e. The van der Waals surface area contributed by atoms with Gasteiger partial charge in [0.05, 0.1) is 12.5 Å². The van der Waals surface area contributed by atoms with Crippen LogP contribution in [0.2, 0.25) is 0 Å². The fourth-order valence-electron chi connectivity index (χ4n) is 1.95. The summed E-state index contributed by atoms with van der Waals surface area (Å²) in [6, 6.07) is 5.28. The van der Waals surface area contributed by atoms with Gasteiger partial charge in [0.15, 0.2) is 0 Å². The van der Waals surface area contributed by atoms with Crippen LogP contribution in [-0.2, 0) is 16.0 Å². The highest BCUT2D eigenvalue weighted by Gasteiger charge is 2.23. The van der Waals surface area contributed by atoms with Gasteiger partial charge in [-0.15, -0.1) is 0 Å². The van der Waals surface area contributed by atoms with E-state index in [2.05, 4.69) is 20.9 Å². The number of nitrogens with zero attached hydrogens (tertiary/aromatic N) is 1. The summed E-state index contributed by atoms with van der Waals surface area (Å²) < 4.78 is 0. The van der Waals surface area contributed by atoms with Crippen LogP contribution in [0.15, 0.2) is 24.4 Å². The maximum absolute atomic E-state index is 11.7. The number of amides is 2. The lowest BCUT2D eigenvalue weighted by molar-refractivity contribution is -0.129. The minimum absolute atomic E-state index is 0.105. The lowest BCUT2D eigenvalue weighted by atomic mass is 10.1. The second-order valence-electron chi connectivity index (χ2n) is 4.42. The summed E-state index contributed by atoms with van der Waals surface area (Å²) in [5.41, 5.74) is 0.941. The molecular weight excluding hydrogens is 244 g/mol. The Hall–Kier alpha value is -1.95. The van der Waals surface area contributed by atoms with E-state index in [1.807, 2.05) is 18.2 Å². The van der Waals surface area contributed by atoms with E-state index in [1.54, 1.807) is 6.20 Å². The van der Waals surface area contributed by atoms with Gasteiger partial charge in [-0.05, 0) is 12.1 Å². The van der Waals surface area contributed by atoms with Crippen LogP contribution in [0.25, 0.3) is 0 Å². The van der Waals surface area contributed by atoms with Crippen LogP contribution in [0.1, 0.15) is 12.1 Å². The van der Waals surface area contributed by atoms with Crippen molar-refractivity contribution in [3.63, 3.8) is 0 Å². The fraction of sp³-hybridized carbons (Fsp3) is 0.462. The van der Waals surface area contributed by atoms with Crippen molar-refractivity contribution in [2.24, 2.45) is 0 Å². The first kappa shape index (κ1) is 13.5. The van der Waals surface area contributed by atoms with Crippen molar-refractivity contribution in [1.29, 1.82) is 0 Å². The van der Waals surface area contributed by atoms with Gasteiger partial charge in [0.2, 0.25) is 11.8 Å². The van der Waals surface area contributed by atoms with Gasteiger partial charge in [-0.2, -0.15) is 0 Å². The molecule has 1 unspecified atom stereocenters. The van der Waals surface area contributed by atoms with Crippen molar-refractivity contribution in [2.75, 3.05) is 19.6 Å². The summed E-state index contributed by atoms with van der Waals surface area (Å²) in [6.07, 6.45) is 2.60. The number of nitrogens with one attached hydrogen (secondary N) is 3. The van der Waals surface area contributed by atoms with E-state index >= 15 is 0 Å². The van der Waals surface area contributed by atoms with Gasteiger partial charge >= 0.3 is 0 Å². The summed E-state index contributed by atoms with van der Waals surface area (Å²) >= 11 is 0. The minimum Gasteiger partial charge on any atom is -0.356 e. The Morgan fingerprint density at radius 2 is 2.32 bits per heavy atom. The van der Waals surface area contributed by atoms with Crippen molar-refractivity contribution < 1.29 is 9.59 Å². The second kappa shape index (κ2) is 6.84. The molecule has 0 aliphatic carbocycles. The molecule has 1 aromatic heterocycles. The normalized spacial score (nSPS) is 18.7. The van der Waals surface area contributed by atoms with Gasteiger partial charge in [0.1, 0.15) is 0 Å². The summed E-state index contributed by atoms with van der Waals surface area (Å²) in [5, 5.41) is 8.55. The van der Waals surface area contributed by atoms with Crippen LogP contribution in [0.5, 0.6) is 0 Å². The molecule has 6 heteroatoms. The van der Waals surface area contributed by atoms with Gasteiger partial charge < -0.3 is 16.0 Å². The molecule has 1 saturated heterocycles. The highest BCUT2D eigenvalue weighted by atomic mass is 16.2. The van der Waals surface area contributed by atoms with Crippen molar-refractivity contribution in [2.45, 2.75) is 18.9 Å². The van der Waals surface area contributed by atoms with Crippen LogP contribution in [-0.4, -0.2) is 42.5 Å². The van der Waals surface area contributed by atoms with Crippen molar-refractivity contribution >= 4 is 11.8 Å². The third kappa shape index (κ3) is 4.33. The van der Waals surface area contributed by atoms with Crippen LogP contribution in [0.3, 0.4) is 0 Å². The smallest absolute Gasteiger partial charge is 0.237 e. The monoisotopic (exact) mass is 262 g/mol. The average molecular weight is 262 g/mol. The molecule has 2 heterocycles. The second-order valence-corrected chi connectivity index (χ2v) is 4.42. The maximum atomic E-state index is 11.7. The SMILES string of the molecule is O=C(CC1NCCNC1=O)NCCc1ccccn1. The summed E-state index contributed by atoms with van der Waals surface area (Å²) in [6.45, 7) is 1.86. The summed E-state index contributed by atoms with van der Waals surface area (Å²) in [5.74, 6) is -0.225. The van der Waals surface area contributed by atoms with Gasteiger partial charge in [-0.3, -0.25) is 14.6 Å².